The second kappa shape index (κ2) is 6.75. The molecule has 130 valence electrons. The quantitative estimate of drug-likeness (QED) is 0.745. The first-order valence-corrected chi connectivity index (χ1v) is 8.80. The molecule has 1 heterocycles. The Bertz CT molecular complexity index is 917. The molecule has 1 aliphatic carbocycles. The molecule has 1 saturated carbocycles. The topological polar surface area (TPSA) is 98.5 Å². The summed E-state index contributed by atoms with van der Waals surface area (Å²) in [7, 11) is 1.94. The molecule has 1 fully saturated rings. The third kappa shape index (κ3) is 2.51. The SMILES string of the molecule is CN1CC=C2C(C#N)C(=N)C(C#N)(C#N)[C@@H](c3cccc(Cl)c3Cl)[C@H]2C1. The van der Waals surface area contributed by atoms with Gasteiger partial charge in [0.1, 0.15) is 5.92 Å². The van der Waals surface area contributed by atoms with Crippen molar-refractivity contribution in [3.05, 3.63) is 45.5 Å². The van der Waals surface area contributed by atoms with Crippen LogP contribution in [0, 0.1) is 56.7 Å². The molecule has 0 bridgehead atoms. The minimum atomic E-state index is -1.77. The first-order valence-electron chi connectivity index (χ1n) is 8.04. The van der Waals surface area contributed by atoms with Crippen LogP contribution in [0.25, 0.3) is 0 Å². The van der Waals surface area contributed by atoms with Crippen LogP contribution >= 0.6 is 23.2 Å². The van der Waals surface area contributed by atoms with Crippen LogP contribution in [0.2, 0.25) is 10.0 Å². The highest BCUT2D eigenvalue weighted by Gasteiger charge is 2.58. The molecular weight excluding hydrogens is 369 g/mol. The largest absolute Gasteiger partial charge is 0.305 e. The van der Waals surface area contributed by atoms with Crippen molar-refractivity contribution in [1.29, 1.82) is 21.2 Å². The van der Waals surface area contributed by atoms with Gasteiger partial charge in [-0.25, -0.2) is 0 Å². The fourth-order valence-electron chi connectivity index (χ4n) is 4.06. The molecule has 26 heavy (non-hydrogen) atoms. The molecule has 1 N–H and O–H groups in total. The Morgan fingerprint density at radius 3 is 2.54 bits per heavy atom. The molecule has 2 aliphatic rings. The summed E-state index contributed by atoms with van der Waals surface area (Å²) in [5.41, 5.74) is -0.597. The third-order valence-electron chi connectivity index (χ3n) is 5.29. The van der Waals surface area contributed by atoms with E-state index in [1.54, 1.807) is 18.2 Å². The fraction of sp³-hybridized carbons (Fsp3) is 0.368. The zero-order valence-electron chi connectivity index (χ0n) is 14.0. The zero-order valence-corrected chi connectivity index (χ0v) is 15.5. The molecule has 1 aromatic rings. The molecule has 7 heteroatoms. The van der Waals surface area contributed by atoms with Gasteiger partial charge in [-0.1, -0.05) is 41.4 Å². The normalized spacial score (nSPS) is 27.5. The Morgan fingerprint density at radius 1 is 1.23 bits per heavy atom. The van der Waals surface area contributed by atoms with E-state index in [2.05, 4.69) is 11.0 Å². The van der Waals surface area contributed by atoms with E-state index in [-0.39, 0.29) is 16.7 Å². The number of benzene rings is 1. The van der Waals surface area contributed by atoms with Crippen LogP contribution in [-0.2, 0) is 0 Å². The molecular formula is C19H15Cl2N5. The van der Waals surface area contributed by atoms with Gasteiger partial charge in [0.05, 0.1) is 34.0 Å². The molecule has 3 rings (SSSR count). The summed E-state index contributed by atoms with van der Waals surface area (Å²) in [6.45, 7) is 1.22. The number of hydrogen-bond acceptors (Lipinski definition) is 5. The molecule has 0 spiro atoms. The third-order valence-corrected chi connectivity index (χ3v) is 6.12. The molecule has 1 unspecified atom stereocenters. The lowest BCUT2D eigenvalue weighted by Crippen LogP contribution is -2.52. The van der Waals surface area contributed by atoms with Crippen molar-refractivity contribution in [3.8, 4) is 18.2 Å². The van der Waals surface area contributed by atoms with E-state index >= 15 is 0 Å². The molecule has 1 aliphatic heterocycles. The zero-order chi connectivity index (χ0) is 19.1. The van der Waals surface area contributed by atoms with Crippen molar-refractivity contribution in [3.63, 3.8) is 0 Å². The average molecular weight is 384 g/mol. The van der Waals surface area contributed by atoms with E-state index in [4.69, 9.17) is 28.6 Å². The predicted octanol–water partition coefficient (Wildman–Crippen LogP) is 3.77. The van der Waals surface area contributed by atoms with E-state index in [0.717, 1.165) is 5.57 Å². The summed E-state index contributed by atoms with van der Waals surface area (Å²) >= 11 is 12.6. The molecule has 0 amide bonds. The van der Waals surface area contributed by atoms with Crippen molar-refractivity contribution >= 4 is 28.9 Å². The van der Waals surface area contributed by atoms with Crippen molar-refractivity contribution in [1.82, 2.24) is 4.90 Å². The number of likely N-dealkylation sites (N-methyl/N-ethyl adjacent to an activating group) is 1. The lowest BCUT2D eigenvalue weighted by Gasteiger charge is -2.47. The molecule has 5 nitrogen and oxygen atoms in total. The average Bonchev–Trinajstić information content (AvgIpc) is 2.64. The smallest absolute Gasteiger partial charge is 0.189 e. The van der Waals surface area contributed by atoms with Gasteiger partial charge >= 0.3 is 0 Å². The minimum absolute atomic E-state index is 0.182. The number of hydrogen-bond donors (Lipinski definition) is 1. The second-order valence-corrected chi connectivity index (χ2v) is 7.45. The highest BCUT2D eigenvalue weighted by atomic mass is 35.5. The van der Waals surface area contributed by atoms with Crippen molar-refractivity contribution in [2.75, 3.05) is 20.1 Å². The van der Waals surface area contributed by atoms with Crippen LogP contribution in [0.3, 0.4) is 0 Å². The Labute approximate surface area is 162 Å². The van der Waals surface area contributed by atoms with E-state index in [0.29, 0.717) is 23.7 Å². The molecule has 0 aromatic heterocycles. The van der Waals surface area contributed by atoms with Gasteiger partial charge in [0.25, 0.3) is 0 Å². The summed E-state index contributed by atoms with van der Waals surface area (Å²) in [4.78, 5) is 2.06. The Balaban J connectivity index is 2.32. The maximum atomic E-state index is 9.94. The maximum absolute atomic E-state index is 9.94. The maximum Gasteiger partial charge on any atom is 0.189 e. The van der Waals surface area contributed by atoms with Crippen LogP contribution in [0.15, 0.2) is 29.8 Å². The standard InChI is InChI=1S/C19H15Cl2N5/c1-26-6-5-11-13(7-22)18(25)19(9-23,10-24)16(14(11)8-26)12-3-2-4-15(20)17(12)21/h2-5,13-14,16,25H,6,8H2,1H3/t13?,14-,16-/m0/s1. The molecule has 0 saturated heterocycles. The van der Waals surface area contributed by atoms with Crippen LogP contribution in [-0.4, -0.2) is 30.7 Å². The van der Waals surface area contributed by atoms with Gasteiger partial charge in [-0.15, -0.1) is 0 Å². The van der Waals surface area contributed by atoms with Crippen LogP contribution < -0.4 is 0 Å². The lowest BCUT2D eigenvalue weighted by atomic mass is 9.54. The van der Waals surface area contributed by atoms with Gasteiger partial charge in [-0.05, 0) is 24.3 Å². The summed E-state index contributed by atoms with van der Waals surface area (Å²) < 4.78 is 0. The monoisotopic (exact) mass is 383 g/mol. The molecule has 0 radical (unpaired) electrons. The summed E-state index contributed by atoms with van der Waals surface area (Å²) in [5, 5.41) is 38.7. The Hall–Kier alpha value is -2.36. The van der Waals surface area contributed by atoms with Gasteiger partial charge in [-0.2, -0.15) is 15.8 Å². The summed E-state index contributed by atoms with van der Waals surface area (Å²) in [5.74, 6) is -1.82. The van der Waals surface area contributed by atoms with Gasteiger partial charge < -0.3 is 10.3 Å². The highest BCUT2D eigenvalue weighted by molar-refractivity contribution is 6.42. The van der Waals surface area contributed by atoms with Gasteiger partial charge in [0.2, 0.25) is 0 Å². The number of halogens is 2. The predicted molar refractivity (Wildman–Crippen MR) is 98.8 cm³/mol. The van der Waals surface area contributed by atoms with Crippen LogP contribution in [0.1, 0.15) is 11.5 Å². The van der Waals surface area contributed by atoms with E-state index < -0.39 is 17.3 Å². The summed E-state index contributed by atoms with van der Waals surface area (Å²) in [6.07, 6.45) is 1.93. The van der Waals surface area contributed by atoms with Crippen LogP contribution in [0.4, 0.5) is 0 Å². The summed E-state index contributed by atoms with van der Waals surface area (Å²) in [6, 6.07) is 11.3. The first kappa shape index (κ1) is 18.4. The van der Waals surface area contributed by atoms with Crippen LogP contribution in [0.5, 0.6) is 0 Å². The Kier molecular flexibility index (Phi) is 4.78. The fourth-order valence-corrected chi connectivity index (χ4v) is 4.48. The van der Waals surface area contributed by atoms with Crippen molar-refractivity contribution < 1.29 is 0 Å². The van der Waals surface area contributed by atoms with Gasteiger partial charge in [-0.3, -0.25) is 0 Å². The van der Waals surface area contributed by atoms with E-state index in [9.17, 15) is 15.8 Å². The molecule has 1 aromatic carbocycles. The lowest BCUT2D eigenvalue weighted by molar-refractivity contribution is 0.235. The number of fused-ring (bicyclic) bond motifs is 1. The minimum Gasteiger partial charge on any atom is -0.305 e. The molecule has 3 atom stereocenters. The van der Waals surface area contributed by atoms with E-state index in [1.165, 1.54) is 0 Å². The second-order valence-electron chi connectivity index (χ2n) is 6.66. The van der Waals surface area contributed by atoms with Gasteiger partial charge in [0, 0.05) is 24.9 Å². The van der Waals surface area contributed by atoms with E-state index in [1.807, 2.05) is 25.3 Å². The number of nitrogens with one attached hydrogen (secondary N) is 1. The van der Waals surface area contributed by atoms with Gasteiger partial charge in [0.15, 0.2) is 5.41 Å². The van der Waals surface area contributed by atoms with Crippen molar-refractivity contribution in [2.45, 2.75) is 5.92 Å². The van der Waals surface area contributed by atoms with Crippen molar-refractivity contribution in [2.24, 2.45) is 17.3 Å². The highest BCUT2D eigenvalue weighted by Crippen LogP contribution is 2.54. The first-order chi connectivity index (χ1) is 12.4. The number of nitriles is 3. The Morgan fingerprint density at radius 2 is 1.92 bits per heavy atom. The number of rotatable bonds is 1. The number of nitrogens with zero attached hydrogens (tertiary/aromatic N) is 4.